The first-order valence-corrected chi connectivity index (χ1v) is 14.4. The van der Waals surface area contributed by atoms with Crippen LogP contribution in [0.25, 0.3) is 0 Å². The van der Waals surface area contributed by atoms with E-state index in [9.17, 15) is 13.2 Å². The number of hydrogen-bond donors (Lipinski definition) is 1. The first kappa shape index (κ1) is 24.8. The van der Waals surface area contributed by atoms with Gasteiger partial charge in [-0.3, -0.25) is 4.79 Å². The fourth-order valence-electron chi connectivity index (χ4n) is 3.77. The van der Waals surface area contributed by atoms with Crippen molar-refractivity contribution in [2.45, 2.75) is 41.7 Å². The van der Waals surface area contributed by atoms with E-state index in [-0.39, 0.29) is 17.2 Å². The van der Waals surface area contributed by atoms with Crippen LogP contribution in [-0.4, -0.2) is 48.3 Å². The van der Waals surface area contributed by atoms with Crippen LogP contribution in [0.1, 0.15) is 41.3 Å². The molecule has 1 N–H and O–H groups in total. The predicted molar refractivity (Wildman–Crippen MR) is 137 cm³/mol. The summed E-state index contributed by atoms with van der Waals surface area (Å²) in [6.07, 6.45) is 1.89. The van der Waals surface area contributed by atoms with Gasteiger partial charge in [-0.2, -0.15) is 4.31 Å². The standard InChI is InChI=1S/C24H28N4O3S3/c1-17-8-10-19(11-9-17)16-32-24-27-26-23(33-24)25-14-22(29)20-6-3-7-21(13-20)34(30,31)28-12-4-5-18(2)15-28/h3,6-11,13,18H,4-5,12,14-16H2,1-2H3,(H,25,26). The molecule has 10 heteroatoms. The van der Waals surface area contributed by atoms with Crippen molar-refractivity contribution in [3.8, 4) is 0 Å². The lowest BCUT2D eigenvalue weighted by Gasteiger charge is -2.30. The Balaban J connectivity index is 1.34. The van der Waals surface area contributed by atoms with Gasteiger partial charge < -0.3 is 5.32 Å². The summed E-state index contributed by atoms with van der Waals surface area (Å²) in [5, 5.41) is 11.9. The number of hydrogen-bond acceptors (Lipinski definition) is 8. The van der Waals surface area contributed by atoms with Gasteiger partial charge in [0.2, 0.25) is 15.2 Å². The number of Topliss-reactive ketones (excluding diaryl/α,β-unsaturated/α-hetero) is 1. The summed E-state index contributed by atoms with van der Waals surface area (Å²) in [6, 6.07) is 14.7. The van der Waals surface area contributed by atoms with E-state index in [1.54, 1.807) is 30.0 Å². The Labute approximate surface area is 209 Å². The van der Waals surface area contributed by atoms with E-state index in [0.29, 0.717) is 29.7 Å². The lowest BCUT2D eigenvalue weighted by Crippen LogP contribution is -2.39. The normalized spacial score (nSPS) is 16.9. The van der Waals surface area contributed by atoms with Gasteiger partial charge in [0.1, 0.15) is 0 Å². The van der Waals surface area contributed by atoms with Crippen LogP contribution in [0.5, 0.6) is 0 Å². The Bertz CT molecular complexity index is 1240. The summed E-state index contributed by atoms with van der Waals surface area (Å²) in [5.74, 6) is 0.933. The van der Waals surface area contributed by atoms with Crippen LogP contribution < -0.4 is 5.32 Å². The molecule has 0 radical (unpaired) electrons. The molecular weight excluding hydrogens is 488 g/mol. The highest BCUT2D eigenvalue weighted by Gasteiger charge is 2.29. The number of carbonyl (C=O) groups excluding carboxylic acids is 1. The first-order chi connectivity index (χ1) is 16.3. The topological polar surface area (TPSA) is 92.3 Å². The zero-order valence-electron chi connectivity index (χ0n) is 19.2. The van der Waals surface area contributed by atoms with Crippen LogP contribution in [0.4, 0.5) is 5.13 Å². The zero-order chi connectivity index (χ0) is 24.1. The minimum Gasteiger partial charge on any atom is -0.353 e. The molecule has 1 aliphatic heterocycles. The molecule has 0 amide bonds. The average Bonchev–Trinajstić information content (AvgIpc) is 3.30. The summed E-state index contributed by atoms with van der Waals surface area (Å²) < 4.78 is 28.4. The van der Waals surface area contributed by atoms with Gasteiger partial charge >= 0.3 is 0 Å². The number of anilines is 1. The van der Waals surface area contributed by atoms with Gasteiger partial charge in [0, 0.05) is 24.4 Å². The Kier molecular flexibility index (Phi) is 8.02. The fraction of sp³-hybridized carbons (Fsp3) is 0.375. The summed E-state index contributed by atoms with van der Waals surface area (Å²) in [6.45, 7) is 5.18. The quantitative estimate of drug-likeness (QED) is 0.321. The number of piperidine rings is 1. The number of sulfonamides is 1. The van der Waals surface area contributed by atoms with Crippen molar-refractivity contribution in [2.24, 2.45) is 5.92 Å². The molecule has 1 aliphatic rings. The van der Waals surface area contributed by atoms with E-state index in [2.05, 4.69) is 53.6 Å². The molecule has 1 saturated heterocycles. The van der Waals surface area contributed by atoms with Crippen LogP contribution in [0.2, 0.25) is 0 Å². The van der Waals surface area contributed by atoms with Crippen molar-refractivity contribution in [2.75, 3.05) is 25.0 Å². The third kappa shape index (κ3) is 6.24. The average molecular weight is 517 g/mol. The van der Waals surface area contributed by atoms with Gasteiger partial charge in [-0.25, -0.2) is 8.42 Å². The molecule has 0 spiro atoms. The maximum Gasteiger partial charge on any atom is 0.243 e. The van der Waals surface area contributed by atoms with Gasteiger partial charge in [0.05, 0.1) is 11.4 Å². The number of rotatable bonds is 9. The van der Waals surface area contributed by atoms with Gasteiger partial charge in [0.15, 0.2) is 10.1 Å². The molecule has 2 aromatic carbocycles. The number of benzene rings is 2. The minimum absolute atomic E-state index is 0.0154. The van der Waals surface area contributed by atoms with Crippen LogP contribution in [-0.2, 0) is 15.8 Å². The molecule has 0 saturated carbocycles. The zero-order valence-corrected chi connectivity index (χ0v) is 21.7. The lowest BCUT2D eigenvalue weighted by molar-refractivity contribution is 0.101. The van der Waals surface area contributed by atoms with E-state index in [1.165, 1.54) is 32.8 Å². The summed E-state index contributed by atoms with van der Waals surface area (Å²) in [7, 11) is -3.61. The van der Waals surface area contributed by atoms with E-state index in [4.69, 9.17) is 0 Å². The summed E-state index contributed by atoms with van der Waals surface area (Å²) >= 11 is 2.99. The van der Waals surface area contributed by atoms with Crippen LogP contribution >= 0.6 is 23.1 Å². The smallest absolute Gasteiger partial charge is 0.243 e. The Morgan fingerprint density at radius 1 is 1.21 bits per heavy atom. The van der Waals surface area contributed by atoms with E-state index >= 15 is 0 Å². The highest BCUT2D eigenvalue weighted by atomic mass is 32.2. The van der Waals surface area contributed by atoms with Crippen LogP contribution in [0, 0.1) is 12.8 Å². The van der Waals surface area contributed by atoms with E-state index < -0.39 is 10.0 Å². The third-order valence-electron chi connectivity index (χ3n) is 5.70. The number of nitrogens with zero attached hydrogens (tertiary/aromatic N) is 3. The van der Waals surface area contributed by atoms with Crippen LogP contribution in [0.3, 0.4) is 0 Å². The Morgan fingerprint density at radius 3 is 2.76 bits per heavy atom. The number of thioether (sulfide) groups is 1. The molecule has 1 unspecified atom stereocenters. The van der Waals surface area contributed by atoms with Crippen molar-refractivity contribution in [3.63, 3.8) is 0 Å². The van der Waals surface area contributed by atoms with Crippen molar-refractivity contribution in [1.29, 1.82) is 0 Å². The van der Waals surface area contributed by atoms with E-state index in [1.807, 2.05) is 0 Å². The molecule has 1 fully saturated rings. The first-order valence-electron chi connectivity index (χ1n) is 11.2. The number of nitrogens with one attached hydrogen (secondary N) is 1. The molecule has 3 aromatic rings. The molecule has 0 aliphatic carbocycles. The minimum atomic E-state index is -3.61. The monoisotopic (exact) mass is 516 g/mol. The molecule has 1 atom stereocenters. The third-order valence-corrected chi connectivity index (χ3v) is 9.65. The molecule has 7 nitrogen and oxygen atoms in total. The number of aromatic nitrogens is 2. The number of aryl methyl sites for hydroxylation is 1. The van der Waals surface area contributed by atoms with Crippen molar-refractivity contribution >= 4 is 44.0 Å². The largest absolute Gasteiger partial charge is 0.353 e. The molecule has 180 valence electrons. The number of carbonyl (C=O) groups is 1. The van der Waals surface area contributed by atoms with Crippen molar-refractivity contribution in [3.05, 3.63) is 65.2 Å². The highest BCUT2D eigenvalue weighted by Crippen LogP contribution is 2.28. The Hall–Kier alpha value is -2.27. The van der Waals surface area contributed by atoms with Crippen LogP contribution in [0.15, 0.2) is 57.8 Å². The highest BCUT2D eigenvalue weighted by molar-refractivity contribution is 8.00. The molecule has 2 heterocycles. The molecule has 34 heavy (non-hydrogen) atoms. The molecular formula is C24H28N4O3S3. The Morgan fingerprint density at radius 2 is 2.00 bits per heavy atom. The second-order valence-electron chi connectivity index (χ2n) is 8.56. The van der Waals surface area contributed by atoms with Crippen molar-refractivity contribution in [1.82, 2.24) is 14.5 Å². The second-order valence-corrected chi connectivity index (χ2v) is 12.7. The molecule has 4 rings (SSSR count). The van der Waals surface area contributed by atoms with E-state index in [0.717, 1.165) is 22.9 Å². The lowest BCUT2D eigenvalue weighted by atomic mass is 10.0. The van der Waals surface area contributed by atoms with Crippen molar-refractivity contribution < 1.29 is 13.2 Å². The maximum absolute atomic E-state index is 13.1. The van der Waals surface area contributed by atoms with Gasteiger partial charge in [-0.05, 0) is 43.4 Å². The van der Waals surface area contributed by atoms with Gasteiger partial charge in [0.25, 0.3) is 0 Å². The van der Waals surface area contributed by atoms with Gasteiger partial charge in [-0.15, -0.1) is 10.2 Å². The summed E-state index contributed by atoms with van der Waals surface area (Å²) in [5.41, 5.74) is 2.80. The SMILES string of the molecule is Cc1ccc(CSc2nnc(NCC(=O)c3cccc(S(=O)(=O)N4CCCC(C)C4)c3)s2)cc1. The predicted octanol–water partition coefficient (Wildman–Crippen LogP) is 4.85. The second kappa shape index (κ2) is 11.0. The fourth-order valence-corrected chi connectivity index (χ4v) is 7.12. The summed E-state index contributed by atoms with van der Waals surface area (Å²) in [4.78, 5) is 12.9. The number of ketones is 1. The molecule has 0 bridgehead atoms. The maximum atomic E-state index is 13.1. The molecule has 1 aromatic heterocycles. The van der Waals surface area contributed by atoms with Gasteiger partial charge in [-0.1, -0.05) is 72.0 Å².